The molecule has 0 amide bonds. The van der Waals surface area contributed by atoms with E-state index in [9.17, 15) is 19.2 Å². The summed E-state index contributed by atoms with van der Waals surface area (Å²) in [6.45, 7) is 15.3. The number of hydrogen-bond donors (Lipinski definition) is 2. The molecule has 31 heavy (non-hydrogen) atoms. The van der Waals surface area contributed by atoms with Gasteiger partial charge in [0.1, 0.15) is 24.4 Å². The molecule has 6 N–H and O–H groups in total. The number of Topliss-reactive ketones (excluding diaryl/α,β-unsaturated/α-hetero) is 2. The third kappa shape index (κ3) is 73.3. The van der Waals surface area contributed by atoms with Crippen molar-refractivity contribution in [3.8, 4) is 0 Å². The zero-order valence-electron chi connectivity index (χ0n) is 20.2. The molecule has 0 spiro atoms. The van der Waals surface area contributed by atoms with Crippen molar-refractivity contribution >= 4 is 23.5 Å². The largest absolute Gasteiger partial charge is 0.466 e. The van der Waals surface area contributed by atoms with E-state index in [4.69, 9.17) is 10.2 Å². The van der Waals surface area contributed by atoms with Crippen LogP contribution in [0.15, 0.2) is 0 Å². The van der Waals surface area contributed by atoms with Gasteiger partial charge in [0, 0.05) is 34.9 Å². The molecule has 0 radical (unpaired) electrons. The van der Waals surface area contributed by atoms with Crippen LogP contribution in [0, 0.1) is 11.8 Å². The average Bonchev–Trinajstić information content (AvgIpc) is 2.55. The van der Waals surface area contributed by atoms with Crippen LogP contribution >= 0.6 is 0 Å². The van der Waals surface area contributed by atoms with Gasteiger partial charge in [-0.15, -0.1) is 0 Å². The second-order valence-corrected chi connectivity index (χ2v) is 6.52. The summed E-state index contributed by atoms with van der Waals surface area (Å²) in [5.41, 5.74) is 0. The second kappa shape index (κ2) is 36.2. The number of ether oxygens (including phenoxy) is 2. The molecule has 0 aliphatic carbocycles. The Kier molecular flexibility index (Phi) is 55.6. The Labute approximate surface area is 201 Å². The fourth-order valence-corrected chi connectivity index (χ4v) is 0.831. The second-order valence-electron chi connectivity index (χ2n) is 6.52. The molecule has 188 valence electrons. The van der Waals surface area contributed by atoms with Crippen molar-refractivity contribution in [2.75, 3.05) is 26.4 Å². The molecule has 0 bridgehead atoms. The van der Waals surface area contributed by atoms with Crippen LogP contribution in [0.1, 0.15) is 68.2 Å². The molecule has 0 saturated carbocycles. The number of carbonyl (C=O) groups is 4. The first-order chi connectivity index (χ1) is 12.9. The summed E-state index contributed by atoms with van der Waals surface area (Å²) in [6, 6.07) is 0. The van der Waals surface area contributed by atoms with Crippen molar-refractivity contribution in [3.63, 3.8) is 0 Å². The number of esters is 2. The van der Waals surface area contributed by atoms with Crippen molar-refractivity contribution in [1.29, 1.82) is 0 Å². The van der Waals surface area contributed by atoms with E-state index >= 15 is 0 Å². The van der Waals surface area contributed by atoms with E-state index in [1.807, 2.05) is 27.7 Å². The van der Waals surface area contributed by atoms with Crippen molar-refractivity contribution in [2.45, 2.75) is 68.2 Å². The maximum absolute atomic E-state index is 10.4. The first-order valence-electron chi connectivity index (χ1n) is 9.39. The standard InChI is InChI=1S/2C6H10O3.2C4H10O.2H2O.Ti/c2*1-3-9-6(8)4-5(2)7;2*1-4(2)3-5;;;/h2*3-4H2,1-2H3;2*4-5H,3H2,1-2H3;2*1H2;. The van der Waals surface area contributed by atoms with E-state index in [2.05, 4.69) is 9.47 Å². The fourth-order valence-electron chi connectivity index (χ4n) is 0.831. The predicted molar refractivity (Wildman–Crippen MR) is 115 cm³/mol. The fraction of sp³-hybridized carbons (Fsp3) is 0.800. The van der Waals surface area contributed by atoms with Crippen LogP contribution in [0.2, 0.25) is 0 Å². The van der Waals surface area contributed by atoms with Crippen LogP contribution in [0.4, 0.5) is 0 Å². The molecule has 0 unspecified atom stereocenters. The van der Waals surface area contributed by atoms with Gasteiger partial charge >= 0.3 is 11.9 Å². The van der Waals surface area contributed by atoms with Crippen LogP contribution < -0.4 is 0 Å². The van der Waals surface area contributed by atoms with Crippen LogP contribution in [-0.2, 0) is 50.4 Å². The Morgan fingerprint density at radius 3 is 0.968 bits per heavy atom. The third-order valence-corrected chi connectivity index (χ3v) is 2.13. The van der Waals surface area contributed by atoms with Gasteiger partial charge in [0.2, 0.25) is 0 Å². The maximum atomic E-state index is 10.4. The molecular weight excluding hydrogens is 448 g/mol. The smallest absolute Gasteiger partial charge is 0.313 e. The molecule has 0 aromatic heterocycles. The van der Waals surface area contributed by atoms with E-state index in [0.717, 1.165) is 0 Å². The van der Waals surface area contributed by atoms with Gasteiger partial charge in [0.05, 0.1) is 13.2 Å². The number of ketones is 2. The van der Waals surface area contributed by atoms with Crippen LogP contribution in [-0.4, -0.2) is 71.1 Å². The van der Waals surface area contributed by atoms with E-state index in [-0.39, 0.29) is 57.1 Å². The van der Waals surface area contributed by atoms with Crippen LogP contribution in [0.3, 0.4) is 0 Å². The zero-order valence-corrected chi connectivity index (χ0v) is 21.8. The molecule has 0 aliphatic rings. The van der Waals surface area contributed by atoms with Gasteiger partial charge in [0.25, 0.3) is 0 Å². The van der Waals surface area contributed by atoms with Crippen LogP contribution in [0.25, 0.3) is 0 Å². The molecule has 0 heterocycles. The Balaban J connectivity index is -0.0000000497. The molecule has 10 nitrogen and oxygen atoms in total. The van der Waals surface area contributed by atoms with Gasteiger partial charge in [-0.05, 0) is 39.5 Å². The van der Waals surface area contributed by atoms with E-state index in [1.165, 1.54) is 13.8 Å². The van der Waals surface area contributed by atoms with Gasteiger partial charge in [-0.25, -0.2) is 0 Å². The molecule has 0 rings (SSSR count). The minimum Gasteiger partial charge on any atom is -0.466 e. The molecule has 0 fully saturated rings. The molecule has 0 aliphatic heterocycles. The first-order valence-corrected chi connectivity index (χ1v) is 9.39. The predicted octanol–water partition coefficient (Wildman–Crippen LogP) is 0.675. The third-order valence-electron chi connectivity index (χ3n) is 2.13. The minimum atomic E-state index is -0.440. The monoisotopic (exact) mass is 492 g/mol. The minimum absolute atomic E-state index is 0. The molecule has 0 aromatic rings. The van der Waals surface area contributed by atoms with Gasteiger partial charge in [-0.3, -0.25) is 19.2 Å². The average molecular weight is 492 g/mol. The van der Waals surface area contributed by atoms with E-state index < -0.39 is 11.9 Å². The molecule has 0 aromatic carbocycles. The molecule has 0 saturated heterocycles. The summed E-state index contributed by atoms with van der Waals surface area (Å²) in [7, 11) is 0. The number of aliphatic hydroxyl groups excluding tert-OH is 2. The summed E-state index contributed by atoms with van der Waals surface area (Å²) in [4.78, 5) is 41.3. The maximum Gasteiger partial charge on any atom is 0.313 e. The number of aliphatic hydroxyl groups is 2. The van der Waals surface area contributed by atoms with Gasteiger partial charge in [-0.1, -0.05) is 27.7 Å². The Hall–Kier alpha value is -1.17. The van der Waals surface area contributed by atoms with Crippen molar-refractivity contribution in [3.05, 3.63) is 0 Å². The summed E-state index contributed by atoms with van der Waals surface area (Å²) in [5, 5.41) is 16.3. The Morgan fingerprint density at radius 1 is 0.677 bits per heavy atom. The Bertz CT molecular complexity index is 375. The van der Waals surface area contributed by atoms with Crippen molar-refractivity contribution in [2.24, 2.45) is 11.8 Å². The summed E-state index contributed by atoms with van der Waals surface area (Å²) < 4.78 is 8.99. The van der Waals surface area contributed by atoms with Gasteiger partial charge in [0.15, 0.2) is 0 Å². The SMILES string of the molecule is CC(C)CO.CC(C)CO.CCOC(=O)CC(C)=O.CCOC(=O)CC(C)=O.O.O.[Ti]. The van der Waals surface area contributed by atoms with Gasteiger partial charge in [-0.2, -0.15) is 0 Å². The normalized spacial score (nSPS) is 8.13. The van der Waals surface area contributed by atoms with Crippen molar-refractivity contribution < 1.29 is 71.5 Å². The number of carbonyl (C=O) groups excluding carboxylic acids is 4. The summed E-state index contributed by atoms with van der Waals surface area (Å²) in [6.07, 6.45) is -0.207. The first kappa shape index (κ1) is 47.6. The van der Waals surface area contributed by atoms with E-state index in [1.54, 1.807) is 13.8 Å². The summed E-state index contributed by atoms with van der Waals surface area (Å²) in [5.74, 6) is -0.318. The molecular formula is C20H44O10Ti. The van der Waals surface area contributed by atoms with Gasteiger partial charge < -0.3 is 30.6 Å². The topological polar surface area (TPSA) is 190 Å². The molecule has 0 atom stereocenters. The summed E-state index contributed by atoms with van der Waals surface area (Å²) >= 11 is 0. The zero-order chi connectivity index (χ0) is 23.1. The van der Waals surface area contributed by atoms with E-state index in [0.29, 0.717) is 38.3 Å². The molecule has 11 heteroatoms. The van der Waals surface area contributed by atoms with Crippen LogP contribution in [0.5, 0.6) is 0 Å². The van der Waals surface area contributed by atoms with Crippen molar-refractivity contribution in [1.82, 2.24) is 0 Å². The number of rotatable bonds is 8. The quantitative estimate of drug-likeness (QED) is 0.281. The Morgan fingerprint density at radius 2 is 0.871 bits per heavy atom. The number of hydrogen-bond acceptors (Lipinski definition) is 8.